The summed E-state index contributed by atoms with van der Waals surface area (Å²) in [6.45, 7) is 9.06. The van der Waals surface area contributed by atoms with Crippen LogP contribution in [0.1, 0.15) is 43.1 Å². The summed E-state index contributed by atoms with van der Waals surface area (Å²) in [5, 5.41) is 3.37. The van der Waals surface area contributed by atoms with Gasteiger partial charge in [-0.3, -0.25) is 4.79 Å². The van der Waals surface area contributed by atoms with Crippen LogP contribution in [0.4, 0.5) is 0 Å². The average molecular weight is 260 g/mol. The SMILES string of the molecule is CCc1ccccc1C(=O)N1CCNCCC1(C)C. The summed E-state index contributed by atoms with van der Waals surface area (Å²) < 4.78 is 0. The first-order chi connectivity index (χ1) is 9.06. The maximum Gasteiger partial charge on any atom is 0.254 e. The molecule has 1 saturated heterocycles. The Morgan fingerprint density at radius 2 is 2.05 bits per heavy atom. The van der Waals surface area contributed by atoms with Crippen molar-refractivity contribution < 1.29 is 4.79 Å². The van der Waals surface area contributed by atoms with Gasteiger partial charge in [-0.2, -0.15) is 0 Å². The van der Waals surface area contributed by atoms with Crippen LogP contribution in [0.2, 0.25) is 0 Å². The molecule has 0 bridgehead atoms. The van der Waals surface area contributed by atoms with Crippen LogP contribution in [-0.2, 0) is 6.42 Å². The fourth-order valence-electron chi connectivity index (χ4n) is 2.71. The maximum atomic E-state index is 12.8. The van der Waals surface area contributed by atoms with Crippen LogP contribution in [0.3, 0.4) is 0 Å². The smallest absolute Gasteiger partial charge is 0.254 e. The number of carbonyl (C=O) groups is 1. The first kappa shape index (κ1) is 14.1. The molecule has 3 heteroatoms. The molecule has 2 rings (SSSR count). The van der Waals surface area contributed by atoms with Gasteiger partial charge in [-0.25, -0.2) is 0 Å². The van der Waals surface area contributed by atoms with Crippen molar-refractivity contribution in [3.05, 3.63) is 35.4 Å². The van der Waals surface area contributed by atoms with E-state index in [1.54, 1.807) is 0 Å². The molecule has 1 N–H and O–H groups in total. The molecule has 1 aromatic rings. The molecule has 1 aliphatic heterocycles. The molecule has 104 valence electrons. The lowest BCUT2D eigenvalue weighted by molar-refractivity contribution is 0.0567. The van der Waals surface area contributed by atoms with E-state index in [0.717, 1.165) is 43.6 Å². The fourth-order valence-corrected chi connectivity index (χ4v) is 2.71. The van der Waals surface area contributed by atoms with Crippen LogP contribution in [-0.4, -0.2) is 36.0 Å². The third kappa shape index (κ3) is 2.98. The van der Waals surface area contributed by atoms with E-state index in [9.17, 15) is 4.79 Å². The summed E-state index contributed by atoms with van der Waals surface area (Å²) in [6.07, 6.45) is 1.89. The van der Waals surface area contributed by atoms with Crippen LogP contribution < -0.4 is 5.32 Å². The Kier molecular flexibility index (Phi) is 4.25. The highest BCUT2D eigenvalue weighted by Gasteiger charge is 2.32. The van der Waals surface area contributed by atoms with Crippen molar-refractivity contribution in [2.75, 3.05) is 19.6 Å². The molecule has 19 heavy (non-hydrogen) atoms. The summed E-state index contributed by atoms with van der Waals surface area (Å²) in [5.74, 6) is 0.172. The van der Waals surface area contributed by atoms with Gasteiger partial charge in [-0.15, -0.1) is 0 Å². The molecule has 0 radical (unpaired) electrons. The van der Waals surface area contributed by atoms with Gasteiger partial charge in [-0.1, -0.05) is 25.1 Å². The molecular formula is C16H24N2O. The standard InChI is InChI=1S/C16H24N2O/c1-4-13-7-5-6-8-14(13)15(19)18-12-11-17-10-9-16(18,2)3/h5-8,17H,4,9-12H2,1-3H3. The molecule has 0 aromatic heterocycles. The minimum Gasteiger partial charge on any atom is -0.332 e. The number of hydrogen-bond donors (Lipinski definition) is 1. The van der Waals surface area contributed by atoms with E-state index in [1.165, 1.54) is 0 Å². The van der Waals surface area contributed by atoms with Crippen molar-refractivity contribution in [3.63, 3.8) is 0 Å². The van der Waals surface area contributed by atoms with Gasteiger partial charge in [0.15, 0.2) is 0 Å². The second-order valence-electron chi connectivity index (χ2n) is 5.78. The molecule has 0 aliphatic carbocycles. The van der Waals surface area contributed by atoms with Gasteiger partial charge in [0.05, 0.1) is 0 Å². The van der Waals surface area contributed by atoms with E-state index in [0.29, 0.717) is 0 Å². The number of rotatable bonds is 2. The van der Waals surface area contributed by atoms with Crippen molar-refractivity contribution >= 4 is 5.91 Å². The quantitative estimate of drug-likeness (QED) is 0.886. The highest BCUT2D eigenvalue weighted by atomic mass is 16.2. The Morgan fingerprint density at radius 3 is 2.79 bits per heavy atom. The van der Waals surface area contributed by atoms with E-state index < -0.39 is 0 Å². The molecule has 0 saturated carbocycles. The van der Waals surface area contributed by atoms with Crippen molar-refractivity contribution in [1.82, 2.24) is 10.2 Å². The number of aryl methyl sites for hydroxylation is 1. The van der Waals surface area contributed by atoms with Gasteiger partial charge in [0.1, 0.15) is 0 Å². The van der Waals surface area contributed by atoms with E-state index in [4.69, 9.17) is 0 Å². The average Bonchev–Trinajstić information content (AvgIpc) is 2.58. The van der Waals surface area contributed by atoms with E-state index in [-0.39, 0.29) is 11.4 Å². The lowest BCUT2D eigenvalue weighted by Crippen LogP contribution is -2.48. The Bertz CT molecular complexity index is 454. The lowest BCUT2D eigenvalue weighted by atomic mass is 9.96. The van der Waals surface area contributed by atoms with E-state index in [1.807, 2.05) is 23.1 Å². The van der Waals surface area contributed by atoms with Crippen LogP contribution >= 0.6 is 0 Å². The maximum absolute atomic E-state index is 12.8. The zero-order valence-corrected chi connectivity index (χ0v) is 12.2. The summed E-state index contributed by atoms with van der Waals surface area (Å²) in [4.78, 5) is 14.9. The number of nitrogens with one attached hydrogen (secondary N) is 1. The molecule has 1 aliphatic rings. The second-order valence-corrected chi connectivity index (χ2v) is 5.78. The summed E-state index contributed by atoms with van der Waals surface area (Å²) in [7, 11) is 0. The van der Waals surface area contributed by atoms with Crippen LogP contribution in [0.25, 0.3) is 0 Å². The van der Waals surface area contributed by atoms with Crippen molar-refractivity contribution in [1.29, 1.82) is 0 Å². The minimum absolute atomic E-state index is 0.0819. The molecular weight excluding hydrogens is 236 g/mol. The minimum atomic E-state index is -0.0819. The van der Waals surface area contributed by atoms with Gasteiger partial charge in [0.2, 0.25) is 0 Å². The first-order valence-corrected chi connectivity index (χ1v) is 7.17. The summed E-state index contributed by atoms with van der Waals surface area (Å²) in [6, 6.07) is 7.96. The monoisotopic (exact) mass is 260 g/mol. The fraction of sp³-hybridized carbons (Fsp3) is 0.562. The number of nitrogens with zero attached hydrogens (tertiary/aromatic N) is 1. The van der Waals surface area contributed by atoms with Gasteiger partial charge in [-0.05, 0) is 44.9 Å². The Labute approximate surface area is 116 Å². The van der Waals surface area contributed by atoms with Crippen molar-refractivity contribution in [2.24, 2.45) is 0 Å². The van der Waals surface area contributed by atoms with Gasteiger partial charge < -0.3 is 10.2 Å². The van der Waals surface area contributed by atoms with Crippen LogP contribution in [0.15, 0.2) is 24.3 Å². The van der Waals surface area contributed by atoms with E-state index in [2.05, 4.69) is 32.2 Å². The number of amides is 1. The van der Waals surface area contributed by atoms with Crippen molar-refractivity contribution in [3.8, 4) is 0 Å². The number of benzene rings is 1. The second kappa shape index (κ2) is 5.74. The molecule has 1 fully saturated rings. The lowest BCUT2D eigenvalue weighted by Gasteiger charge is -2.37. The van der Waals surface area contributed by atoms with E-state index >= 15 is 0 Å². The highest BCUT2D eigenvalue weighted by molar-refractivity contribution is 5.96. The molecule has 3 nitrogen and oxygen atoms in total. The van der Waals surface area contributed by atoms with Crippen LogP contribution in [0.5, 0.6) is 0 Å². The Hall–Kier alpha value is -1.35. The number of hydrogen-bond acceptors (Lipinski definition) is 2. The van der Waals surface area contributed by atoms with Crippen LogP contribution in [0, 0.1) is 0 Å². The molecule has 0 spiro atoms. The molecule has 0 unspecified atom stereocenters. The molecule has 0 atom stereocenters. The highest BCUT2D eigenvalue weighted by Crippen LogP contribution is 2.23. The zero-order chi connectivity index (χ0) is 13.9. The van der Waals surface area contributed by atoms with Gasteiger partial charge in [0.25, 0.3) is 5.91 Å². The first-order valence-electron chi connectivity index (χ1n) is 7.17. The molecule has 1 heterocycles. The topological polar surface area (TPSA) is 32.3 Å². The predicted octanol–water partition coefficient (Wildman–Crippen LogP) is 2.46. The van der Waals surface area contributed by atoms with Crippen molar-refractivity contribution in [2.45, 2.75) is 39.2 Å². The van der Waals surface area contributed by atoms with Gasteiger partial charge >= 0.3 is 0 Å². The predicted molar refractivity (Wildman–Crippen MR) is 78.4 cm³/mol. The Balaban J connectivity index is 2.31. The summed E-state index contributed by atoms with van der Waals surface area (Å²) >= 11 is 0. The third-order valence-corrected chi connectivity index (χ3v) is 4.03. The largest absolute Gasteiger partial charge is 0.332 e. The Morgan fingerprint density at radius 1 is 1.32 bits per heavy atom. The normalized spacial score (nSPS) is 19.0. The zero-order valence-electron chi connectivity index (χ0n) is 12.2. The van der Waals surface area contributed by atoms with Gasteiger partial charge in [0, 0.05) is 24.2 Å². The third-order valence-electron chi connectivity index (χ3n) is 4.03. The summed E-state index contributed by atoms with van der Waals surface area (Å²) in [5.41, 5.74) is 1.92. The molecule has 1 aromatic carbocycles. The number of carbonyl (C=O) groups excluding carboxylic acids is 1. The molecule has 1 amide bonds.